The van der Waals surface area contributed by atoms with Crippen LogP contribution in [0.2, 0.25) is 0 Å². The SMILES string of the molecule is CC(C)(C)OC(=O)NCCCCn1[nH]nnc1=S. The molecule has 1 aromatic heterocycles. The van der Waals surface area contributed by atoms with Crippen molar-refractivity contribution in [3.05, 3.63) is 4.77 Å². The van der Waals surface area contributed by atoms with Gasteiger partial charge in [-0.1, -0.05) is 10.3 Å². The van der Waals surface area contributed by atoms with E-state index >= 15 is 0 Å². The molecule has 0 saturated heterocycles. The highest BCUT2D eigenvalue weighted by atomic mass is 32.1. The van der Waals surface area contributed by atoms with Crippen LogP contribution < -0.4 is 5.32 Å². The van der Waals surface area contributed by atoms with Gasteiger partial charge >= 0.3 is 6.09 Å². The van der Waals surface area contributed by atoms with E-state index in [0.29, 0.717) is 17.9 Å². The third kappa shape index (κ3) is 5.76. The first-order chi connectivity index (χ1) is 8.38. The molecular weight excluding hydrogens is 254 g/mol. The number of alkyl carbamates (subject to hydrolysis) is 1. The summed E-state index contributed by atoms with van der Waals surface area (Å²) in [5, 5.41) is 12.6. The number of carbonyl (C=O) groups excluding carboxylic acids is 1. The molecule has 0 aliphatic rings. The van der Waals surface area contributed by atoms with E-state index in [-0.39, 0.29) is 6.09 Å². The van der Waals surface area contributed by atoms with Crippen LogP contribution in [0.25, 0.3) is 0 Å². The lowest BCUT2D eigenvalue weighted by Gasteiger charge is -2.19. The minimum absolute atomic E-state index is 0.387. The number of nitrogens with one attached hydrogen (secondary N) is 2. The van der Waals surface area contributed by atoms with Crippen molar-refractivity contribution in [2.24, 2.45) is 0 Å². The number of amides is 1. The standard InChI is InChI=1S/C10H19N5O2S/c1-10(2,3)17-9(16)11-6-4-5-7-15-8(18)12-13-14-15/h4-7H2,1-3H3,(H,11,16)(H,12,14,18). The first-order valence-electron chi connectivity index (χ1n) is 5.83. The summed E-state index contributed by atoms with van der Waals surface area (Å²) < 4.78 is 7.23. The van der Waals surface area contributed by atoms with Crippen molar-refractivity contribution in [2.45, 2.75) is 45.8 Å². The number of nitrogens with zero attached hydrogens (tertiary/aromatic N) is 3. The van der Waals surface area contributed by atoms with Crippen LogP contribution in [-0.2, 0) is 11.3 Å². The van der Waals surface area contributed by atoms with E-state index in [0.717, 1.165) is 12.8 Å². The van der Waals surface area contributed by atoms with Crippen molar-refractivity contribution in [1.29, 1.82) is 0 Å². The quantitative estimate of drug-likeness (QED) is 0.629. The Morgan fingerprint density at radius 3 is 2.78 bits per heavy atom. The number of unbranched alkanes of at least 4 members (excludes halogenated alkanes) is 1. The average Bonchev–Trinajstić information content (AvgIpc) is 2.61. The summed E-state index contributed by atoms with van der Waals surface area (Å²) in [5.41, 5.74) is -0.460. The van der Waals surface area contributed by atoms with Gasteiger partial charge in [0.15, 0.2) is 0 Å². The average molecular weight is 273 g/mol. The molecule has 0 fully saturated rings. The topological polar surface area (TPSA) is 84.8 Å². The fourth-order valence-corrected chi connectivity index (χ4v) is 1.43. The first-order valence-corrected chi connectivity index (χ1v) is 6.24. The second kappa shape index (κ2) is 6.48. The molecule has 0 unspecified atom stereocenters. The fraction of sp³-hybridized carbons (Fsp3) is 0.800. The first kappa shape index (κ1) is 14.6. The highest BCUT2D eigenvalue weighted by Crippen LogP contribution is 2.06. The molecule has 8 heteroatoms. The maximum atomic E-state index is 11.3. The zero-order valence-electron chi connectivity index (χ0n) is 10.9. The molecule has 0 atom stereocenters. The Kier molecular flexibility index (Phi) is 5.26. The lowest BCUT2D eigenvalue weighted by atomic mass is 10.2. The largest absolute Gasteiger partial charge is 0.444 e. The number of hydrogen-bond donors (Lipinski definition) is 2. The van der Waals surface area contributed by atoms with Gasteiger partial charge in [-0.3, -0.25) is 0 Å². The fourth-order valence-electron chi connectivity index (χ4n) is 1.26. The molecule has 7 nitrogen and oxygen atoms in total. The maximum absolute atomic E-state index is 11.3. The molecule has 18 heavy (non-hydrogen) atoms. The molecule has 0 saturated carbocycles. The van der Waals surface area contributed by atoms with Gasteiger partial charge in [0.25, 0.3) is 0 Å². The third-order valence-electron chi connectivity index (χ3n) is 2.01. The van der Waals surface area contributed by atoms with E-state index in [1.54, 1.807) is 4.68 Å². The zero-order chi connectivity index (χ0) is 13.6. The molecule has 1 amide bonds. The molecule has 0 aliphatic carbocycles. The Morgan fingerprint density at radius 2 is 2.22 bits per heavy atom. The van der Waals surface area contributed by atoms with Crippen molar-refractivity contribution in [3.8, 4) is 0 Å². The van der Waals surface area contributed by atoms with Crippen molar-refractivity contribution >= 4 is 18.3 Å². The van der Waals surface area contributed by atoms with Crippen LogP contribution in [0.5, 0.6) is 0 Å². The van der Waals surface area contributed by atoms with Crippen LogP contribution in [0.4, 0.5) is 4.79 Å². The Hall–Kier alpha value is -1.44. The normalized spacial score (nSPS) is 11.3. The number of aryl methyl sites for hydroxylation is 1. The minimum Gasteiger partial charge on any atom is -0.444 e. The number of tetrazole rings is 1. The number of ether oxygens (including phenoxy) is 1. The molecule has 0 spiro atoms. The van der Waals surface area contributed by atoms with Gasteiger partial charge in [0, 0.05) is 13.1 Å². The predicted molar refractivity (Wildman–Crippen MR) is 68.7 cm³/mol. The summed E-state index contributed by atoms with van der Waals surface area (Å²) >= 11 is 4.93. The van der Waals surface area contributed by atoms with Gasteiger partial charge in [-0.2, -0.15) is 5.21 Å². The zero-order valence-corrected chi connectivity index (χ0v) is 11.7. The van der Waals surface area contributed by atoms with E-state index in [4.69, 9.17) is 17.0 Å². The molecule has 0 radical (unpaired) electrons. The van der Waals surface area contributed by atoms with Crippen molar-refractivity contribution in [1.82, 2.24) is 25.5 Å². The molecule has 102 valence electrons. The van der Waals surface area contributed by atoms with Crippen molar-refractivity contribution < 1.29 is 9.53 Å². The summed E-state index contributed by atoms with van der Waals surface area (Å²) in [4.78, 5) is 11.3. The smallest absolute Gasteiger partial charge is 0.407 e. The Morgan fingerprint density at radius 1 is 1.50 bits per heavy atom. The van der Waals surface area contributed by atoms with Crippen LogP contribution >= 0.6 is 12.2 Å². The maximum Gasteiger partial charge on any atom is 0.407 e. The van der Waals surface area contributed by atoms with Gasteiger partial charge in [-0.15, -0.1) is 0 Å². The lowest BCUT2D eigenvalue weighted by molar-refractivity contribution is 0.0527. The van der Waals surface area contributed by atoms with Crippen molar-refractivity contribution in [2.75, 3.05) is 6.54 Å². The van der Waals surface area contributed by atoms with Crippen LogP contribution in [0.1, 0.15) is 33.6 Å². The van der Waals surface area contributed by atoms with E-state index in [1.807, 2.05) is 20.8 Å². The molecule has 1 aromatic rings. The van der Waals surface area contributed by atoms with Gasteiger partial charge in [-0.25, -0.2) is 9.48 Å². The number of aromatic nitrogens is 4. The van der Waals surface area contributed by atoms with Crippen LogP contribution in [0.3, 0.4) is 0 Å². The molecule has 2 N–H and O–H groups in total. The van der Waals surface area contributed by atoms with E-state index in [9.17, 15) is 4.79 Å². The summed E-state index contributed by atoms with van der Waals surface area (Å²) in [6.45, 7) is 6.78. The van der Waals surface area contributed by atoms with Crippen LogP contribution in [0.15, 0.2) is 0 Å². The third-order valence-corrected chi connectivity index (χ3v) is 2.31. The Balaban J connectivity index is 2.11. The second-order valence-corrected chi connectivity index (χ2v) is 5.24. The summed E-state index contributed by atoms with van der Waals surface area (Å²) in [5.74, 6) is 0. The minimum atomic E-state index is -0.460. The highest BCUT2D eigenvalue weighted by molar-refractivity contribution is 7.71. The number of hydrogen-bond acceptors (Lipinski definition) is 5. The summed E-state index contributed by atoms with van der Waals surface area (Å²) in [6.07, 6.45) is 1.32. The van der Waals surface area contributed by atoms with E-state index in [1.165, 1.54) is 0 Å². The van der Waals surface area contributed by atoms with Gasteiger partial charge < -0.3 is 10.1 Å². The summed E-state index contributed by atoms with van der Waals surface area (Å²) in [6, 6.07) is 0. The van der Waals surface area contributed by atoms with Crippen LogP contribution in [-0.4, -0.2) is 38.4 Å². The molecule has 0 aromatic carbocycles. The van der Waals surface area contributed by atoms with E-state index < -0.39 is 5.60 Å². The Bertz CT molecular complexity index is 434. The molecule has 1 rings (SSSR count). The van der Waals surface area contributed by atoms with E-state index in [2.05, 4.69) is 20.8 Å². The molecule has 1 heterocycles. The highest BCUT2D eigenvalue weighted by Gasteiger charge is 2.15. The van der Waals surface area contributed by atoms with Gasteiger partial charge in [-0.05, 0) is 45.8 Å². The summed E-state index contributed by atoms with van der Waals surface area (Å²) in [7, 11) is 0. The van der Waals surface area contributed by atoms with Gasteiger partial charge in [0.2, 0.25) is 4.77 Å². The number of rotatable bonds is 5. The molecular formula is C10H19N5O2S. The monoisotopic (exact) mass is 273 g/mol. The molecule has 0 bridgehead atoms. The number of aromatic amines is 1. The predicted octanol–water partition coefficient (Wildman–Crippen LogP) is 1.64. The van der Waals surface area contributed by atoms with Crippen molar-refractivity contribution in [3.63, 3.8) is 0 Å². The number of H-pyrrole nitrogens is 1. The van der Waals surface area contributed by atoms with Gasteiger partial charge in [0.1, 0.15) is 5.60 Å². The number of carbonyl (C=O) groups is 1. The second-order valence-electron chi connectivity index (χ2n) is 4.87. The molecule has 0 aliphatic heterocycles. The Labute approximate surface area is 111 Å². The lowest BCUT2D eigenvalue weighted by Crippen LogP contribution is -2.33. The van der Waals surface area contributed by atoms with Gasteiger partial charge in [0.05, 0.1) is 0 Å². The van der Waals surface area contributed by atoms with Crippen LogP contribution in [0, 0.1) is 4.77 Å².